The van der Waals surface area contributed by atoms with Crippen molar-refractivity contribution in [3.63, 3.8) is 0 Å². The molecule has 4 rings (SSSR count). The number of rotatable bonds is 4. The lowest BCUT2D eigenvalue weighted by Crippen LogP contribution is -2.44. The highest BCUT2D eigenvalue weighted by Gasteiger charge is 2.13. The van der Waals surface area contributed by atoms with Crippen LogP contribution in [-0.2, 0) is 6.61 Å². The van der Waals surface area contributed by atoms with Crippen LogP contribution < -0.4 is 9.64 Å². The molecule has 1 aliphatic heterocycles. The molecule has 1 fully saturated rings. The summed E-state index contributed by atoms with van der Waals surface area (Å²) in [5.74, 6) is 0.797. The van der Waals surface area contributed by atoms with E-state index in [2.05, 4.69) is 51.1 Å². The second-order valence-corrected chi connectivity index (χ2v) is 6.33. The molecule has 0 unspecified atom stereocenters. The molecule has 1 saturated heterocycles. The third kappa shape index (κ3) is 3.21. The van der Waals surface area contributed by atoms with Gasteiger partial charge in [0.1, 0.15) is 18.0 Å². The predicted molar refractivity (Wildman–Crippen MR) is 96.6 cm³/mol. The van der Waals surface area contributed by atoms with Gasteiger partial charge in [-0.15, -0.1) is 0 Å². The molecule has 2 aromatic heterocycles. The van der Waals surface area contributed by atoms with Crippen LogP contribution in [0.3, 0.4) is 0 Å². The molecule has 124 valence electrons. The van der Waals surface area contributed by atoms with Gasteiger partial charge in [-0.1, -0.05) is 12.1 Å². The molecule has 5 nitrogen and oxygen atoms in total. The highest BCUT2D eigenvalue weighted by Crippen LogP contribution is 2.20. The van der Waals surface area contributed by atoms with Gasteiger partial charge in [0.25, 0.3) is 0 Å². The summed E-state index contributed by atoms with van der Waals surface area (Å²) >= 11 is 0. The summed E-state index contributed by atoms with van der Waals surface area (Å²) in [5.41, 5.74) is 3.35. The van der Waals surface area contributed by atoms with Gasteiger partial charge in [0.15, 0.2) is 0 Å². The number of anilines is 1. The summed E-state index contributed by atoms with van der Waals surface area (Å²) in [6.45, 7) is 4.99. The van der Waals surface area contributed by atoms with E-state index in [9.17, 15) is 0 Å². The van der Waals surface area contributed by atoms with E-state index in [-0.39, 0.29) is 0 Å². The van der Waals surface area contributed by atoms with Gasteiger partial charge in [-0.3, -0.25) is 0 Å². The molecule has 1 aromatic carbocycles. The first-order chi connectivity index (χ1) is 11.8. The fourth-order valence-corrected chi connectivity index (χ4v) is 3.03. The molecule has 0 spiro atoms. The van der Waals surface area contributed by atoms with Crippen LogP contribution in [0.4, 0.5) is 5.69 Å². The van der Waals surface area contributed by atoms with E-state index in [4.69, 9.17) is 4.74 Å². The maximum absolute atomic E-state index is 5.87. The zero-order valence-electron chi connectivity index (χ0n) is 13.9. The van der Waals surface area contributed by atoms with Crippen LogP contribution >= 0.6 is 0 Å². The largest absolute Gasteiger partial charge is 0.487 e. The molecule has 0 aliphatic carbocycles. The normalized spacial score (nSPS) is 15.8. The quantitative estimate of drug-likeness (QED) is 0.802. The second-order valence-electron chi connectivity index (χ2n) is 6.33. The molecular formula is C19H22N4O. The third-order valence-corrected chi connectivity index (χ3v) is 4.59. The number of benzene rings is 1. The number of H-pyrrole nitrogens is 1. The Morgan fingerprint density at radius 3 is 2.67 bits per heavy atom. The Morgan fingerprint density at radius 1 is 1.08 bits per heavy atom. The minimum atomic E-state index is 0.556. The molecule has 1 aliphatic rings. The van der Waals surface area contributed by atoms with Crippen molar-refractivity contribution in [3.8, 4) is 5.75 Å². The highest BCUT2D eigenvalue weighted by molar-refractivity contribution is 5.76. The van der Waals surface area contributed by atoms with E-state index in [1.807, 2.05) is 18.3 Å². The van der Waals surface area contributed by atoms with Gasteiger partial charge in [0.2, 0.25) is 0 Å². The number of pyridine rings is 1. The van der Waals surface area contributed by atoms with Crippen molar-refractivity contribution in [1.29, 1.82) is 0 Å². The van der Waals surface area contributed by atoms with Gasteiger partial charge < -0.3 is 19.5 Å². The minimum Gasteiger partial charge on any atom is -0.487 e. The molecule has 1 N–H and O–H groups in total. The van der Waals surface area contributed by atoms with E-state index in [1.54, 1.807) is 6.20 Å². The van der Waals surface area contributed by atoms with Gasteiger partial charge in [0, 0.05) is 43.4 Å². The van der Waals surface area contributed by atoms with Crippen molar-refractivity contribution >= 4 is 16.7 Å². The molecule has 5 heteroatoms. The SMILES string of the molecule is CN1CCN(c2ccc(COc3cnc4[nH]ccc4c3)cc2)CC1. The number of hydrogen-bond donors (Lipinski definition) is 1. The van der Waals surface area contributed by atoms with Crippen molar-refractivity contribution in [2.75, 3.05) is 38.1 Å². The van der Waals surface area contributed by atoms with Gasteiger partial charge in [-0.25, -0.2) is 4.98 Å². The number of hydrogen-bond acceptors (Lipinski definition) is 4. The molecular weight excluding hydrogens is 300 g/mol. The maximum Gasteiger partial charge on any atom is 0.138 e. The van der Waals surface area contributed by atoms with E-state index in [0.29, 0.717) is 6.61 Å². The summed E-state index contributed by atoms with van der Waals surface area (Å²) in [4.78, 5) is 12.2. The standard InChI is InChI=1S/C19H22N4O/c1-22-8-10-23(11-9-22)17-4-2-15(3-5-17)14-24-18-12-16-6-7-20-19(16)21-13-18/h2-7,12-13H,8-11,14H2,1H3,(H,20,21). The number of aromatic nitrogens is 2. The molecule has 3 aromatic rings. The number of ether oxygens (including phenoxy) is 1. The van der Waals surface area contributed by atoms with E-state index in [0.717, 1.165) is 43.0 Å². The Labute approximate surface area is 141 Å². The minimum absolute atomic E-state index is 0.556. The lowest BCUT2D eigenvalue weighted by molar-refractivity contribution is 0.305. The maximum atomic E-state index is 5.87. The zero-order chi connectivity index (χ0) is 16.4. The Balaban J connectivity index is 1.38. The average Bonchev–Trinajstić information content (AvgIpc) is 3.09. The predicted octanol–water partition coefficient (Wildman–Crippen LogP) is 2.89. The summed E-state index contributed by atoms with van der Waals surface area (Å²) in [6.07, 6.45) is 3.65. The topological polar surface area (TPSA) is 44.4 Å². The van der Waals surface area contributed by atoms with Crippen LogP contribution in [0.5, 0.6) is 5.75 Å². The highest BCUT2D eigenvalue weighted by atomic mass is 16.5. The van der Waals surface area contributed by atoms with Crippen molar-refractivity contribution < 1.29 is 4.74 Å². The first kappa shape index (κ1) is 15.0. The van der Waals surface area contributed by atoms with Crippen molar-refractivity contribution in [3.05, 3.63) is 54.4 Å². The van der Waals surface area contributed by atoms with Gasteiger partial charge in [-0.2, -0.15) is 0 Å². The van der Waals surface area contributed by atoms with Crippen LogP contribution in [0.25, 0.3) is 11.0 Å². The number of nitrogens with zero attached hydrogens (tertiary/aromatic N) is 3. The summed E-state index contributed by atoms with van der Waals surface area (Å²) < 4.78 is 5.87. The van der Waals surface area contributed by atoms with E-state index >= 15 is 0 Å². The summed E-state index contributed by atoms with van der Waals surface area (Å²) in [5, 5.41) is 1.07. The molecule has 24 heavy (non-hydrogen) atoms. The van der Waals surface area contributed by atoms with Crippen molar-refractivity contribution in [1.82, 2.24) is 14.9 Å². The molecule has 0 radical (unpaired) electrons. The summed E-state index contributed by atoms with van der Waals surface area (Å²) in [7, 11) is 2.18. The Bertz CT molecular complexity index is 804. The third-order valence-electron chi connectivity index (χ3n) is 4.59. The Kier molecular flexibility index (Phi) is 4.09. The average molecular weight is 322 g/mol. The fraction of sp³-hybridized carbons (Fsp3) is 0.316. The first-order valence-electron chi connectivity index (χ1n) is 8.36. The van der Waals surface area contributed by atoms with Gasteiger partial charge in [-0.05, 0) is 36.9 Å². The lowest BCUT2D eigenvalue weighted by atomic mass is 10.2. The molecule has 0 atom stereocenters. The second kappa shape index (κ2) is 6.53. The number of likely N-dealkylation sites (N-methyl/N-ethyl adjacent to an activating group) is 1. The Hall–Kier alpha value is -2.53. The van der Waals surface area contributed by atoms with Crippen LogP contribution in [0.1, 0.15) is 5.56 Å². The first-order valence-corrected chi connectivity index (χ1v) is 8.36. The van der Waals surface area contributed by atoms with Gasteiger partial charge >= 0.3 is 0 Å². The number of aromatic amines is 1. The van der Waals surface area contributed by atoms with Crippen LogP contribution in [0.15, 0.2) is 48.8 Å². The number of piperazine rings is 1. The Morgan fingerprint density at radius 2 is 1.88 bits per heavy atom. The zero-order valence-corrected chi connectivity index (χ0v) is 13.9. The molecule has 0 saturated carbocycles. The molecule has 3 heterocycles. The smallest absolute Gasteiger partial charge is 0.138 e. The lowest BCUT2D eigenvalue weighted by Gasteiger charge is -2.34. The molecule has 0 bridgehead atoms. The summed E-state index contributed by atoms with van der Waals surface area (Å²) in [6, 6.07) is 12.7. The monoisotopic (exact) mass is 322 g/mol. The molecule has 0 amide bonds. The van der Waals surface area contributed by atoms with Crippen molar-refractivity contribution in [2.45, 2.75) is 6.61 Å². The van der Waals surface area contributed by atoms with E-state index in [1.165, 1.54) is 11.3 Å². The van der Waals surface area contributed by atoms with Crippen LogP contribution in [0.2, 0.25) is 0 Å². The number of nitrogens with one attached hydrogen (secondary N) is 1. The van der Waals surface area contributed by atoms with Gasteiger partial charge in [0.05, 0.1) is 6.20 Å². The van der Waals surface area contributed by atoms with Crippen LogP contribution in [0, 0.1) is 0 Å². The van der Waals surface area contributed by atoms with E-state index < -0.39 is 0 Å². The van der Waals surface area contributed by atoms with Crippen molar-refractivity contribution in [2.24, 2.45) is 0 Å². The van der Waals surface area contributed by atoms with Crippen LogP contribution in [-0.4, -0.2) is 48.1 Å². The number of fused-ring (bicyclic) bond motifs is 1. The fourth-order valence-electron chi connectivity index (χ4n) is 3.03.